The molecule has 0 aliphatic heterocycles. The molecule has 0 atom stereocenters. The van der Waals surface area contributed by atoms with Crippen LogP contribution in [0.5, 0.6) is 0 Å². The lowest BCUT2D eigenvalue weighted by Crippen LogP contribution is -2.41. The molecule has 1 N–H and O–H groups in total. The second-order valence-electron chi connectivity index (χ2n) is 5.19. The van der Waals surface area contributed by atoms with Gasteiger partial charge in [0.1, 0.15) is 0 Å². The summed E-state index contributed by atoms with van der Waals surface area (Å²) >= 11 is 0. The summed E-state index contributed by atoms with van der Waals surface area (Å²) in [5, 5.41) is 20.0. The van der Waals surface area contributed by atoms with Crippen LogP contribution in [0.2, 0.25) is 0 Å². The molecule has 0 aliphatic carbocycles. The first kappa shape index (κ1) is 17.0. The third kappa shape index (κ3) is 3.02. The minimum Gasteiger partial charge on any atom is -0.480 e. The minimum atomic E-state index is -4.07. The summed E-state index contributed by atoms with van der Waals surface area (Å²) in [6.07, 6.45) is 1.21. The summed E-state index contributed by atoms with van der Waals surface area (Å²) in [5.41, 5.74) is 0.228. The van der Waals surface area contributed by atoms with Crippen LogP contribution in [-0.2, 0) is 20.4 Å². The van der Waals surface area contributed by atoms with Gasteiger partial charge in [0.05, 0.1) is 16.4 Å². The first-order chi connectivity index (χ1) is 9.41. The molecule has 0 fully saturated rings. The lowest BCUT2D eigenvalue weighted by Gasteiger charge is -2.20. The highest BCUT2D eigenvalue weighted by Crippen LogP contribution is 2.28. The van der Waals surface area contributed by atoms with Crippen molar-refractivity contribution in [3.63, 3.8) is 0 Å². The zero-order valence-electron chi connectivity index (χ0n) is 12.1. The molecule has 1 aromatic rings. The van der Waals surface area contributed by atoms with Crippen molar-refractivity contribution in [3.05, 3.63) is 33.1 Å². The van der Waals surface area contributed by atoms with Crippen molar-refractivity contribution in [1.29, 1.82) is 0 Å². The van der Waals surface area contributed by atoms with Gasteiger partial charge in [0.2, 0.25) is 0 Å². The maximum absolute atomic E-state index is 12.2. The summed E-state index contributed by atoms with van der Waals surface area (Å²) < 4.78 is 22.4. The Morgan fingerprint density at radius 2 is 1.95 bits per heavy atom. The van der Waals surface area contributed by atoms with Gasteiger partial charge in [0.15, 0.2) is 14.6 Å². The number of aryl methyl sites for hydroxylation is 1. The van der Waals surface area contributed by atoms with Crippen LogP contribution < -0.4 is 0 Å². The predicted molar refractivity (Wildman–Crippen MR) is 74.7 cm³/mol. The summed E-state index contributed by atoms with van der Waals surface area (Å²) in [6.45, 7) is 5.04. The van der Waals surface area contributed by atoms with E-state index < -0.39 is 31.2 Å². The highest BCUT2D eigenvalue weighted by atomic mass is 32.2. The normalized spacial score (nSPS) is 12.2. The van der Waals surface area contributed by atoms with Crippen molar-refractivity contribution in [1.82, 2.24) is 4.98 Å². The van der Waals surface area contributed by atoms with E-state index in [-0.39, 0.29) is 16.9 Å². The lowest BCUT2D eigenvalue weighted by atomic mass is 10.1. The molecule has 1 rings (SSSR count). The largest absolute Gasteiger partial charge is 0.480 e. The maximum atomic E-state index is 12.2. The van der Waals surface area contributed by atoms with Gasteiger partial charge in [-0.05, 0) is 27.7 Å². The second-order valence-corrected chi connectivity index (χ2v) is 7.73. The van der Waals surface area contributed by atoms with E-state index in [0.717, 1.165) is 13.8 Å². The molecule has 0 spiro atoms. The molecular weight excluding hydrogens is 300 g/mol. The molecule has 0 saturated carbocycles. The van der Waals surface area contributed by atoms with Crippen LogP contribution in [0.1, 0.15) is 30.7 Å². The number of rotatable bonds is 5. The van der Waals surface area contributed by atoms with Gasteiger partial charge in [0.25, 0.3) is 5.69 Å². The predicted octanol–water partition coefficient (Wildman–Crippen LogP) is 1.38. The smallest absolute Gasteiger partial charge is 0.324 e. The van der Waals surface area contributed by atoms with Gasteiger partial charge in [-0.1, -0.05) is 0 Å². The topological polar surface area (TPSA) is 127 Å². The van der Waals surface area contributed by atoms with Gasteiger partial charge >= 0.3 is 5.97 Å². The van der Waals surface area contributed by atoms with E-state index in [0.29, 0.717) is 5.56 Å². The molecule has 8 nitrogen and oxygen atoms in total. The molecule has 0 unspecified atom stereocenters. The van der Waals surface area contributed by atoms with Crippen molar-refractivity contribution in [2.75, 3.05) is 0 Å². The molecule has 116 valence electrons. The van der Waals surface area contributed by atoms with E-state index in [1.165, 1.54) is 20.0 Å². The monoisotopic (exact) mass is 316 g/mol. The molecule has 0 aromatic carbocycles. The van der Waals surface area contributed by atoms with Gasteiger partial charge in [-0.25, -0.2) is 8.42 Å². The Balaban J connectivity index is 3.37. The van der Waals surface area contributed by atoms with Crippen LogP contribution in [0, 0.1) is 24.0 Å². The highest BCUT2D eigenvalue weighted by molar-refractivity contribution is 7.92. The summed E-state index contributed by atoms with van der Waals surface area (Å²) in [7, 11) is -4.07. The molecule has 0 bridgehead atoms. The molecule has 1 aromatic heterocycles. The van der Waals surface area contributed by atoms with Crippen molar-refractivity contribution < 1.29 is 23.2 Å². The Labute approximate surface area is 121 Å². The highest BCUT2D eigenvalue weighted by Gasteiger charge is 2.42. The Morgan fingerprint density at radius 3 is 2.38 bits per heavy atom. The van der Waals surface area contributed by atoms with Crippen molar-refractivity contribution in [2.24, 2.45) is 0 Å². The van der Waals surface area contributed by atoms with E-state index in [1.54, 1.807) is 0 Å². The number of nitrogens with zero attached hydrogens (tertiary/aromatic N) is 2. The van der Waals surface area contributed by atoms with Crippen LogP contribution in [0.25, 0.3) is 0 Å². The van der Waals surface area contributed by atoms with Crippen molar-refractivity contribution in [3.8, 4) is 0 Å². The Kier molecular flexibility index (Phi) is 4.37. The summed E-state index contributed by atoms with van der Waals surface area (Å²) in [5.74, 6) is -2.15. The molecule has 0 radical (unpaired) electrons. The van der Waals surface area contributed by atoms with Crippen LogP contribution in [0.15, 0.2) is 6.20 Å². The maximum Gasteiger partial charge on any atom is 0.324 e. The van der Waals surface area contributed by atoms with E-state index >= 15 is 0 Å². The zero-order chi connectivity index (χ0) is 16.6. The van der Waals surface area contributed by atoms with E-state index in [4.69, 9.17) is 5.11 Å². The third-order valence-corrected chi connectivity index (χ3v) is 5.76. The number of carbonyl (C=O) groups is 1. The van der Waals surface area contributed by atoms with E-state index in [9.17, 15) is 23.3 Å². The van der Waals surface area contributed by atoms with Gasteiger partial charge < -0.3 is 5.11 Å². The minimum absolute atomic E-state index is 0.0124. The number of pyridine rings is 1. The number of carboxylic acids is 1. The molecule has 21 heavy (non-hydrogen) atoms. The fourth-order valence-electron chi connectivity index (χ4n) is 1.69. The Hall–Kier alpha value is -2.03. The van der Waals surface area contributed by atoms with Crippen molar-refractivity contribution in [2.45, 2.75) is 38.2 Å². The van der Waals surface area contributed by atoms with E-state index in [2.05, 4.69) is 4.98 Å². The SMILES string of the molecule is Cc1cnc(CS(=O)(=O)C(C)(C)C(=O)O)c(C)c1[N+](=O)[O-]. The summed E-state index contributed by atoms with van der Waals surface area (Å²) in [6, 6.07) is 0. The lowest BCUT2D eigenvalue weighted by molar-refractivity contribution is -0.386. The van der Waals surface area contributed by atoms with Crippen LogP contribution in [0.4, 0.5) is 5.69 Å². The van der Waals surface area contributed by atoms with Crippen LogP contribution in [0.3, 0.4) is 0 Å². The molecule has 0 amide bonds. The molecule has 9 heteroatoms. The first-order valence-electron chi connectivity index (χ1n) is 5.97. The number of hydrogen-bond donors (Lipinski definition) is 1. The first-order valence-corrected chi connectivity index (χ1v) is 7.62. The average Bonchev–Trinajstić information content (AvgIpc) is 2.32. The number of hydrogen-bond acceptors (Lipinski definition) is 6. The Bertz CT molecular complexity index is 709. The quantitative estimate of drug-likeness (QED) is 0.642. The standard InChI is InChI=1S/C12H16N2O6S/c1-7-5-13-9(8(2)10(7)14(17)18)6-21(19,20)12(3,4)11(15)16/h5H,6H2,1-4H3,(H,15,16). The number of sulfone groups is 1. The zero-order valence-corrected chi connectivity index (χ0v) is 12.9. The number of aromatic nitrogens is 1. The van der Waals surface area contributed by atoms with Crippen LogP contribution >= 0.6 is 0 Å². The third-order valence-electron chi connectivity index (χ3n) is 3.38. The fraction of sp³-hybridized carbons (Fsp3) is 0.500. The molecular formula is C12H16N2O6S. The van der Waals surface area contributed by atoms with Gasteiger partial charge in [-0.3, -0.25) is 19.9 Å². The number of aliphatic carboxylic acids is 1. The average molecular weight is 316 g/mol. The molecule has 1 heterocycles. The number of carboxylic acid groups (broad SMARTS) is 1. The van der Waals surface area contributed by atoms with Gasteiger partial charge in [0, 0.05) is 17.3 Å². The summed E-state index contributed by atoms with van der Waals surface area (Å²) in [4.78, 5) is 25.4. The number of nitro groups is 1. The van der Waals surface area contributed by atoms with E-state index in [1.807, 2.05) is 0 Å². The van der Waals surface area contributed by atoms with Crippen molar-refractivity contribution >= 4 is 21.5 Å². The Morgan fingerprint density at radius 1 is 1.43 bits per heavy atom. The fourth-order valence-corrected chi connectivity index (χ4v) is 2.96. The van der Waals surface area contributed by atoms with Gasteiger partial charge in [-0.15, -0.1) is 0 Å². The molecule has 0 saturated heterocycles. The van der Waals surface area contributed by atoms with Crippen LogP contribution in [-0.4, -0.2) is 34.1 Å². The second kappa shape index (κ2) is 5.40. The van der Waals surface area contributed by atoms with Gasteiger partial charge in [-0.2, -0.15) is 0 Å². The molecule has 0 aliphatic rings.